The zero-order valence-electron chi connectivity index (χ0n) is 19.0. The van der Waals surface area contributed by atoms with Crippen LogP contribution in [0.3, 0.4) is 0 Å². The predicted octanol–water partition coefficient (Wildman–Crippen LogP) is 5.11. The first-order chi connectivity index (χ1) is 12.0. The molecule has 0 aliphatic rings. The fourth-order valence-corrected chi connectivity index (χ4v) is 3.00. The van der Waals surface area contributed by atoms with Crippen molar-refractivity contribution >= 4 is 17.6 Å². The van der Waals surface area contributed by atoms with Crippen LogP contribution < -0.4 is 4.90 Å². The standard InChI is InChI=1S/C23H37NO3/c1-12-27-20(26)19(25)24(11)18-16(22(5,6)7)13-15(21(2,3)4)14-17(18)23(8,9)10/h13-14H,12H2,1-11H3. The molecule has 27 heavy (non-hydrogen) atoms. The Morgan fingerprint density at radius 2 is 1.26 bits per heavy atom. The number of ether oxygens (including phenoxy) is 1. The Bertz CT molecular complexity index is 678. The molecule has 1 aromatic rings. The number of esters is 1. The first-order valence-corrected chi connectivity index (χ1v) is 9.66. The molecular weight excluding hydrogens is 338 g/mol. The minimum Gasteiger partial charge on any atom is -0.459 e. The molecule has 4 nitrogen and oxygen atoms in total. The zero-order valence-corrected chi connectivity index (χ0v) is 19.0. The summed E-state index contributed by atoms with van der Waals surface area (Å²) in [4.78, 5) is 26.3. The molecule has 4 heteroatoms. The Balaban J connectivity index is 3.84. The Labute approximate surface area is 165 Å². The lowest BCUT2D eigenvalue weighted by molar-refractivity contribution is -0.153. The Hall–Kier alpha value is -1.84. The van der Waals surface area contributed by atoms with E-state index < -0.39 is 11.9 Å². The number of rotatable bonds is 2. The third-order valence-corrected chi connectivity index (χ3v) is 4.68. The Morgan fingerprint density at radius 3 is 1.56 bits per heavy atom. The van der Waals surface area contributed by atoms with E-state index in [2.05, 4.69) is 74.4 Å². The predicted molar refractivity (Wildman–Crippen MR) is 113 cm³/mol. The molecule has 0 saturated heterocycles. The molecule has 1 amide bonds. The molecule has 0 bridgehead atoms. The van der Waals surface area contributed by atoms with E-state index in [4.69, 9.17) is 4.74 Å². The average molecular weight is 376 g/mol. The normalized spacial score (nSPS) is 12.7. The number of anilines is 1. The number of hydrogen-bond donors (Lipinski definition) is 0. The van der Waals surface area contributed by atoms with E-state index in [1.165, 1.54) is 10.5 Å². The highest BCUT2D eigenvalue weighted by Gasteiger charge is 2.34. The van der Waals surface area contributed by atoms with E-state index in [9.17, 15) is 9.59 Å². The van der Waals surface area contributed by atoms with E-state index in [-0.39, 0.29) is 22.9 Å². The van der Waals surface area contributed by atoms with Crippen LogP contribution in [0.4, 0.5) is 5.69 Å². The van der Waals surface area contributed by atoms with E-state index in [1.54, 1.807) is 14.0 Å². The molecular formula is C23H37NO3. The summed E-state index contributed by atoms with van der Waals surface area (Å²) in [5.74, 6) is -1.46. The molecule has 1 aromatic carbocycles. The highest BCUT2D eigenvalue weighted by Crippen LogP contribution is 2.43. The SMILES string of the molecule is CCOC(=O)C(=O)N(C)c1c(C(C)(C)C)cc(C(C)(C)C)cc1C(C)(C)C. The van der Waals surface area contributed by atoms with Gasteiger partial charge in [0.1, 0.15) is 0 Å². The van der Waals surface area contributed by atoms with Crippen molar-refractivity contribution in [1.82, 2.24) is 0 Å². The second-order valence-electron chi connectivity index (χ2n) is 10.3. The second-order valence-corrected chi connectivity index (χ2v) is 10.3. The molecule has 0 radical (unpaired) electrons. The fourth-order valence-electron chi connectivity index (χ4n) is 3.00. The first-order valence-electron chi connectivity index (χ1n) is 9.66. The maximum Gasteiger partial charge on any atom is 0.397 e. The molecule has 0 unspecified atom stereocenters. The zero-order chi connectivity index (χ0) is 21.4. The number of nitrogens with zero attached hydrogens (tertiary/aromatic N) is 1. The van der Waals surface area contributed by atoms with Gasteiger partial charge in [0, 0.05) is 7.05 Å². The van der Waals surface area contributed by atoms with Crippen LogP contribution in [0.25, 0.3) is 0 Å². The average Bonchev–Trinajstić information content (AvgIpc) is 2.49. The van der Waals surface area contributed by atoms with Crippen LogP contribution in [0.1, 0.15) is 85.9 Å². The van der Waals surface area contributed by atoms with E-state index in [0.717, 1.165) is 16.8 Å². The highest BCUT2D eigenvalue weighted by molar-refractivity contribution is 6.38. The second kappa shape index (κ2) is 7.65. The van der Waals surface area contributed by atoms with Gasteiger partial charge in [-0.15, -0.1) is 0 Å². The summed E-state index contributed by atoms with van der Waals surface area (Å²) < 4.78 is 4.95. The summed E-state index contributed by atoms with van der Waals surface area (Å²) in [7, 11) is 1.66. The summed E-state index contributed by atoms with van der Waals surface area (Å²) in [6.45, 7) is 21.2. The van der Waals surface area contributed by atoms with E-state index >= 15 is 0 Å². The maximum atomic E-state index is 12.7. The molecule has 0 atom stereocenters. The summed E-state index contributed by atoms with van der Waals surface area (Å²) in [6.07, 6.45) is 0. The van der Waals surface area contributed by atoms with Crippen molar-refractivity contribution in [3.63, 3.8) is 0 Å². The van der Waals surface area contributed by atoms with Crippen molar-refractivity contribution in [2.45, 2.75) is 85.5 Å². The van der Waals surface area contributed by atoms with Crippen LogP contribution >= 0.6 is 0 Å². The molecule has 152 valence electrons. The van der Waals surface area contributed by atoms with Gasteiger partial charge >= 0.3 is 11.9 Å². The monoisotopic (exact) mass is 375 g/mol. The molecule has 1 rings (SSSR count). The summed E-state index contributed by atoms with van der Waals surface area (Å²) in [6, 6.07) is 4.36. The quantitative estimate of drug-likeness (QED) is 0.533. The van der Waals surface area contributed by atoms with Crippen LogP contribution in [0.15, 0.2) is 12.1 Å². The van der Waals surface area contributed by atoms with Crippen molar-refractivity contribution in [2.24, 2.45) is 0 Å². The number of likely N-dealkylation sites (N-methyl/N-ethyl adjacent to an activating group) is 1. The van der Waals surface area contributed by atoms with Gasteiger partial charge in [0.2, 0.25) is 0 Å². The van der Waals surface area contributed by atoms with Crippen molar-refractivity contribution in [2.75, 3.05) is 18.6 Å². The maximum absolute atomic E-state index is 12.7. The van der Waals surface area contributed by atoms with Gasteiger partial charge in [-0.25, -0.2) is 4.79 Å². The number of carbonyl (C=O) groups is 2. The number of amides is 1. The molecule has 0 N–H and O–H groups in total. The fraction of sp³-hybridized carbons (Fsp3) is 0.652. The van der Waals surface area contributed by atoms with Gasteiger partial charge in [-0.2, -0.15) is 0 Å². The third-order valence-electron chi connectivity index (χ3n) is 4.68. The van der Waals surface area contributed by atoms with Gasteiger partial charge in [0.05, 0.1) is 12.3 Å². The number of hydrogen-bond acceptors (Lipinski definition) is 3. The van der Waals surface area contributed by atoms with Crippen molar-refractivity contribution in [3.8, 4) is 0 Å². The largest absolute Gasteiger partial charge is 0.459 e. The lowest BCUT2D eigenvalue weighted by Crippen LogP contribution is -2.38. The molecule has 0 heterocycles. The van der Waals surface area contributed by atoms with Crippen LogP contribution in [0, 0.1) is 0 Å². The first kappa shape index (κ1) is 23.2. The van der Waals surface area contributed by atoms with Gasteiger partial charge < -0.3 is 9.64 Å². The Kier molecular flexibility index (Phi) is 6.57. The van der Waals surface area contributed by atoms with Crippen LogP contribution in [-0.4, -0.2) is 25.5 Å². The minimum absolute atomic E-state index is 0.0255. The van der Waals surface area contributed by atoms with E-state index in [0.29, 0.717) is 0 Å². The molecule has 0 spiro atoms. The van der Waals surface area contributed by atoms with Gasteiger partial charge in [0.25, 0.3) is 0 Å². The van der Waals surface area contributed by atoms with Gasteiger partial charge in [-0.1, -0.05) is 74.4 Å². The molecule has 0 aliphatic heterocycles. The van der Waals surface area contributed by atoms with Gasteiger partial charge in [-0.05, 0) is 39.9 Å². The molecule has 0 aliphatic carbocycles. The van der Waals surface area contributed by atoms with Crippen molar-refractivity contribution in [1.29, 1.82) is 0 Å². The van der Waals surface area contributed by atoms with Crippen LogP contribution in [-0.2, 0) is 30.6 Å². The van der Waals surface area contributed by atoms with Crippen molar-refractivity contribution in [3.05, 3.63) is 28.8 Å². The Morgan fingerprint density at radius 1 is 0.852 bits per heavy atom. The topological polar surface area (TPSA) is 46.6 Å². The van der Waals surface area contributed by atoms with Crippen LogP contribution in [0.2, 0.25) is 0 Å². The highest BCUT2D eigenvalue weighted by atomic mass is 16.5. The summed E-state index contributed by atoms with van der Waals surface area (Å²) in [5.41, 5.74) is 3.72. The summed E-state index contributed by atoms with van der Waals surface area (Å²) in [5, 5.41) is 0. The summed E-state index contributed by atoms with van der Waals surface area (Å²) >= 11 is 0. The number of carbonyl (C=O) groups excluding carboxylic acids is 2. The van der Waals surface area contributed by atoms with E-state index in [1.807, 2.05) is 0 Å². The smallest absolute Gasteiger partial charge is 0.397 e. The molecule has 0 aromatic heterocycles. The lowest BCUT2D eigenvalue weighted by Gasteiger charge is -2.36. The minimum atomic E-state index is -0.820. The molecule has 0 fully saturated rings. The third kappa shape index (κ3) is 5.33. The van der Waals surface area contributed by atoms with Crippen molar-refractivity contribution < 1.29 is 14.3 Å². The lowest BCUT2D eigenvalue weighted by atomic mass is 9.74. The van der Waals surface area contributed by atoms with Crippen LogP contribution in [0.5, 0.6) is 0 Å². The van der Waals surface area contributed by atoms with Gasteiger partial charge in [0.15, 0.2) is 0 Å². The van der Waals surface area contributed by atoms with Gasteiger partial charge in [-0.3, -0.25) is 4.79 Å². The molecule has 0 saturated carbocycles. The number of benzene rings is 1.